The average molecular weight is 971 g/mol. The first kappa shape index (κ1) is 56.7. The number of urea groups is 1. The number of phenolic OH excluding ortho intramolecular Hbond substituents is 1. The van der Waals surface area contributed by atoms with Crippen LogP contribution in [0.4, 0.5) is 4.79 Å². The number of nitrogens with zero attached hydrogens (tertiary/aromatic N) is 3. The molecule has 3 aliphatic heterocycles. The summed E-state index contributed by atoms with van der Waals surface area (Å²) < 4.78 is 0. The van der Waals surface area contributed by atoms with Gasteiger partial charge in [-0.25, -0.2) is 4.79 Å². The summed E-state index contributed by atoms with van der Waals surface area (Å²) in [7, 11) is 0. The van der Waals surface area contributed by atoms with Crippen LogP contribution in [0.3, 0.4) is 0 Å². The number of rotatable bonds is 23. The fourth-order valence-electron chi connectivity index (χ4n) is 9.49. The molecule has 0 radical (unpaired) electrons. The number of carbonyl (C=O) groups excluding carboxylic acids is 7. The van der Waals surface area contributed by atoms with Crippen molar-refractivity contribution in [1.29, 1.82) is 0 Å². The smallest absolute Gasteiger partial charge is 0.324 e. The summed E-state index contributed by atoms with van der Waals surface area (Å²) in [5, 5.41) is 53.2. The van der Waals surface area contributed by atoms with Crippen LogP contribution in [0.25, 0.3) is 0 Å². The van der Waals surface area contributed by atoms with Crippen LogP contribution in [0.5, 0.6) is 5.75 Å². The Kier molecular flexibility index (Phi) is 24.7. The topological polar surface area (TPSA) is 284 Å². The van der Waals surface area contributed by atoms with Crippen molar-refractivity contribution in [3.63, 3.8) is 0 Å². The number of aryl methyl sites for hydroxylation is 1. The van der Waals surface area contributed by atoms with Crippen LogP contribution in [0.15, 0.2) is 24.3 Å². The van der Waals surface area contributed by atoms with Crippen LogP contribution >= 0.6 is 0 Å². The molecule has 0 saturated carbocycles. The van der Waals surface area contributed by atoms with Crippen molar-refractivity contribution >= 4 is 41.5 Å². The number of nitrogens with one attached hydrogen (secondary N) is 4. The third-order valence-corrected chi connectivity index (χ3v) is 13.5. The molecule has 3 fully saturated rings. The van der Waals surface area contributed by atoms with Crippen LogP contribution in [0.1, 0.15) is 154 Å². The first-order valence-corrected chi connectivity index (χ1v) is 25.8. The number of fused-ring (bicyclic) bond motifs is 2. The van der Waals surface area contributed by atoms with Crippen LogP contribution in [0.2, 0.25) is 0 Å². The van der Waals surface area contributed by atoms with Gasteiger partial charge in [0.15, 0.2) is 0 Å². The SMILES string of the molecule is CCCCCCCCCCCCCCCC(=O)N[C@H]1CCCNC(=O)[C@@H]2CC(O)CN2C(=O)[C@H](CCCN)NC(=O)N(CCCc2ccc(O)cc2)C(=O)[C@@H]2C[C@@H](O)CN2C(=O)[C@H]([C@@H](C)O)NC1=O. The molecule has 19 heteroatoms. The highest BCUT2D eigenvalue weighted by Gasteiger charge is 2.46. The van der Waals surface area contributed by atoms with Gasteiger partial charge in [0.2, 0.25) is 29.5 Å². The van der Waals surface area contributed by atoms with Crippen molar-refractivity contribution in [3.05, 3.63) is 29.8 Å². The van der Waals surface area contributed by atoms with E-state index in [-0.39, 0.29) is 95.7 Å². The maximum absolute atomic E-state index is 14.6. The lowest BCUT2D eigenvalue weighted by molar-refractivity contribution is -0.146. The molecule has 388 valence electrons. The van der Waals surface area contributed by atoms with E-state index in [9.17, 15) is 54.0 Å². The first-order chi connectivity index (χ1) is 33.1. The number of hydrogen-bond donors (Lipinski definition) is 9. The summed E-state index contributed by atoms with van der Waals surface area (Å²) in [6.45, 7) is 2.92. The highest BCUT2D eigenvalue weighted by molar-refractivity contribution is 6.02. The Labute approximate surface area is 408 Å². The number of aromatic hydroxyl groups is 1. The number of carbonyl (C=O) groups is 7. The summed E-state index contributed by atoms with van der Waals surface area (Å²) in [6, 6.07) is -1.23. The van der Waals surface area contributed by atoms with Gasteiger partial charge in [-0.1, -0.05) is 96.1 Å². The van der Waals surface area contributed by atoms with Crippen molar-refractivity contribution in [2.24, 2.45) is 5.73 Å². The molecule has 8 amide bonds. The molecule has 0 bridgehead atoms. The quantitative estimate of drug-likeness (QED) is 0.0716. The van der Waals surface area contributed by atoms with Crippen molar-refractivity contribution < 1.29 is 54.0 Å². The van der Waals surface area contributed by atoms with Crippen molar-refractivity contribution in [1.82, 2.24) is 36.0 Å². The van der Waals surface area contributed by atoms with Crippen molar-refractivity contribution in [2.75, 3.05) is 32.7 Å². The number of benzene rings is 1. The van der Waals surface area contributed by atoms with E-state index in [4.69, 9.17) is 5.73 Å². The van der Waals surface area contributed by atoms with Crippen molar-refractivity contribution in [2.45, 2.75) is 204 Å². The Hall–Kier alpha value is -4.85. The van der Waals surface area contributed by atoms with Gasteiger partial charge in [0.05, 0.1) is 18.3 Å². The first-order valence-electron chi connectivity index (χ1n) is 25.8. The Bertz CT molecular complexity index is 1800. The molecule has 3 saturated heterocycles. The Morgan fingerprint density at radius 2 is 1.33 bits per heavy atom. The van der Waals surface area contributed by atoms with Gasteiger partial charge in [-0.05, 0) is 76.1 Å². The van der Waals surface area contributed by atoms with E-state index in [0.717, 1.165) is 41.0 Å². The van der Waals surface area contributed by atoms with Gasteiger partial charge in [-0.3, -0.25) is 33.7 Å². The third kappa shape index (κ3) is 18.4. The predicted molar refractivity (Wildman–Crippen MR) is 259 cm³/mol. The standard InChI is InChI=1S/C50H82N8O11/c1-3-4-5-6-7-8-9-10-11-12-13-14-15-22-43(63)53-39-21-17-28-52-46(65)41-30-37(61)32-57(41)47(66)40(20-16-27-51)54-50(69)56(29-18-19-35-23-25-36(60)26-24-35)48(67)42-31-38(62)33-58(42)49(68)44(34(2)59)55-45(39)64/h23-26,34,37-42,44,59-62H,3-22,27-33,51H2,1-2H3,(H,52,65)(H,53,63)(H,54,69)(H,55,64)/t34-,37?,38-,39+,40+,41+,42+,44+/m1/s1. The zero-order valence-corrected chi connectivity index (χ0v) is 41.1. The van der Waals surface area contributed by atoms with Crippen molar-refractivity contribution in [3.8, 4) is 5.75 Å². The molecule has 3 heterocycles. The average Bonchev–Trinajstić information content (AvgIpc) is 3.92. The minimum absolute atomic E-state index is 0.0168. The van der Waals surface area contributed by atoms with Gasteiger partial charge in [0.1, 0.15) is 36.0 Å². The van der Waals surface area contributed by atoms with E-state index >= 15 is 0 Å². The van der Waals surface area contributed by atoms with Gasteiger partial charge >= 0.3 is 6.03 Å². The summed E-state index contributed by atoms with van der Waals surface area (Å²) in [5.74, 6) is -4.14. The molecule has 0 spiro atoms. The fourth-order valence-corrected chi connectivity index (χ4v) is 9.49. The van der Waals surface area contributed by atoms with Gasteiger partial charge in [0, 0.05) is 45.4 Å². The van der Waals surface area contributed by atoms with E-state index in [1.807, 2.05) is 0 Å². The van der Waals surface area contributed by atoms with Gasteiger partial charge in [0.25, 0.3) is 5.91 Å². The second kappa shape index (κ2) is 30.0. The van der Waals surface area contributed by atoms with Crippen LogP contribution < -0.4 is 27.0 Å². The van der Waals surface area contributed by atoms with Gasteiger partial charge in [-0.15, -0.1) is 0 Å². The molecule has 1 aromatic carbocycles. The Balaban J connectivity index is 1.55. The van der Waals surface area contributed by atoms with E-state index < -0.39 is 84.1 Å². The summed E-state index contributed by atoms with van der Waals surface area (Å²) in [6.07, 6.45) is 11.9. The number of aliphatic hydroxyl groups excluding tert-OH is 3. The molecule has 1 unspecified atom stereocenters. The van der Waals surface area contributed by atoms with E-state index in [0.29, 0.717) is 12.8 Å². The van der Waals surface area contributed by atoms with E-state index in [1.54, 1.807) is 12.1 Å². The fraction of sp³-hybridized carbons (Fsp3) is 0.740. The maximum Gasteiger partial charge on any atom is 0.324 e. The normalized spacial score (nSPS) is 24.9. The molecule has 19 nitrogen and oxygen atoms in total. The lowest BCUT2D eigenvalue weighted by Crippen LogP contribution is -2.61. The van der Waals surface area contributed by atoms with E-state index in [2.05, 4.69) is 28.2 Å². The third-order valence-electron chi connectivity index (χ3n) is 13.5. The number of amides is 8. The maximum atomic E-state index is 14.6. The number of hydrogen-bond acceptors (Lipinski definition) is 12. The minimum Gasteiger partial charge on any atom is -0.508 e. The highest BCUT2D eigenvalue weighted by Crippen LogP contribution is 2.25. The zero-order chi connectivity index (χ0) is 50.3. The molecule has 0 aromatic heterocycles. The number of nitrogens with two attached hydrogens (primary N) is 1. The van der Waals surface area contributed by atoms with Crippen LogP contribution in [-0.2, 0) is 35.2 Å². The lowest BCUT2D eigenvalue weighted by Gasteiger charge is -2.34. The largest absolute Gasteiger partial charge is 0.508 e. The second-order valence-corrected chi connectivity index (χ2v) is 19.3. The number of phenols is 1. The monoisotopic (exact) mass is 971 g/mol. The molecular formula is C50H82N8O11. The Morgan fingerprint density at radius 1 is 0.754 bits per heavy atom. The van der Waals surface area contributed by atoms with Gasteiger partial charge in [-0.2, -0.15) is 0 Å². The molecular weight excluding hydrogens is 889 g/mol. The number of unbranched alkanes of at least 4 members (excludes halogenated alkanes) is 12. The number of aliphatic hydroxyl groups is 3. The summed E-state index contributed by atoms with van der Waals surface area (Å²) in [4.78, 5) is 102. The molecule has 10 N–H and O–H groups in total. The molecule has 3 aliphatic rings. The second-order valence-electron chi connectivity index (χ2n) is 19.3. The number of imide groups is 1. The van der Waals surface area contributed by atoms with Gasteiger partial charge < -0.3 is 57.2 Å². The molecule has 4 rings (SSSR count). The van der Waals surface area contributed by atoms with E-state index in [1.165, 1.54) is 75.3 Å². The summed E-state index contributed by atoms with van der Waals surface area (Å²) in [5.41, 5.74) is 6.62. The molecule has 69 heavy (non-hydrogen) atoms. The zero-order valence-electron chi connectivity index (χ0n) is 41.1. The Morgan fingerprint density at radius 3 is 1.93 bits per heavy atom. The molecule has 8 atom stereocenters. The van der Waals surface area contributed by atoms with Crippen LogP contribution in [0, 0.1) is 0 Å². The van der Waals surface area contributed by atoms with Crippen LogP contribution in [-0.4, -0.2) is 158 Å². The highest BCUT2D eigenvalue weighted by atomic mass is 16.3. The molecule has 0 aliphatic carbocycles. The minimum atomic E-state index is -1.63. The lowest BCUT2D eigenvalue weighted by atomic mass is 10.0. The molecule has 1 aromatic rings. The summed E-state index contributed by atoms with van der Waals surface area (Å²) >= 11 is 0. The predicted octanol–water partition coefficient (Wildman–Crippen LogP) is 2.64.